The molecule has 1 aliphatic carbocycles. The zero-order chi connectivity index (χ0) is 13.5. The van der Waals surface area contributed by atoms with Gasteiger partial charge in [-0.15, -0.1) is 0 Å². The molecular weight excluding hydrogens is 253 g/mol. The Morgan fingerprint density at radius 1 is 1.11 bits per heavy atom. The predicted octanol–water partition coefficient (Wildman–Crippen LogP) is 3.44. The molecule has 0 N–H and O–H groups in total. The first kappa shape index (κ1) is 12.3. The monoisotopic (exact) mass is 266 g/mol. The van der Waals surface area contributed by atoms with Gasteiger partial charge >= 0.3 is 6.18 Å². The quantitative estimate of drug-likeness (QED) is 0.814. The smallest absolute Gasteiger partial charge is 0.268 e. The highest BCUT2D eigenvalue weighted by molar-refractivity contribution is 5.35. The second kappa shape index (κ2) is 4.40. The van der Waals surface area contributed by atoms with Crippen molar-refractivity contribution in [3.05, 3.63) is 52.8 Å². The van der Waals surface area contributed by atoms with Crippen LogP contribution in [-0.4, -0.2) is 9.78 Å². The van der Waals surface area contributed by atoms with Gasteiger partial charge < -0.3 is 0 Å². The number of rotatable bonds is 2. The molecule has 0 aliphatic heterocycles. The Bertz CT molecular complexity index is 599. The molecule has 2 nitrogen and oxygen atoms in total. The fourth-order valence-electron chi connectivity index (χ4n) is 2.51. The topological polar surface area (TPSA) is 17.8 Å². The molecule has 3 rings (SSSR count). The zero-order valence-electron chi connectivity index (χ0n) is 10.2. The molecule has 100 valence electrons. The molecule has 19 heavy (non-hydrogen) atoms. The lowest BCUT2D eigenvalue weighted by molar-refractivity contribution is -0.141. The van der Waals surface area contributed by atoms with Crippen LogP contribution in [0.1, 0.15) is 28.8 Å². The third kappa shape index (κ3) is 2.50. The molecule has 0 saturated carbocycles. The maximum atomic E-state index is 12.4. The van der Waals surface area contributed by atoms with Crippen molar-refractivity contribution in [2.75, 3.05) is 0 Å². The first-order chi connectivity index (χ1) is 9.02. The molecule has 0 unspecified atom stereocenters. The van der Waals surface area contributed by atoms with Gasteiger partial charge in [0.05, 0.1) is 6.54 Å². The van der Waals surface area contributed by atoms with Gasteiger partial charge in [-0.05, 0) is 42.0 Å². The van der Waals surface area contributed by atoms with Crippen molar-refractivity contribution >= 4 is 0 Å². The van der Waals surface area contributed by atoms with Crippen LogP contribution in [0.25, 0.3) is 0 Å². The molecule has 0 bridgehead atoms. The molecule has 0 saturated heterocycles. The fourth-order valence-corrected chi connectivity index (χ4v) is 2.51. The van der Waals surface area contributed by atoms with Gasteiger partial charge in [0, 0.05) is 6.20 Å². The van der Waals surface area contributed by atoms with Crippen LogP contribution < -0.4 is 0 Å². The maximum absolute atomic E-state index is 12.4. The summed E-state index contributed by atoms with van der Waals surface area (Å²) in [4.78, 5) is 0. The van der Waals surface area contributed by atoms with Gasteiger partial charge in [0.1, 0.15) is 0 Å². The second-order valence-electron chi connectivity index (χ2n) is 4.85. The Balaban J connectivity index is 1.80. The Labute approximate surface area is 108 Å². The first-order valence-electron chi connectivity index (χ1n) is 6.24. The van der Waals surface area contributed by atoms with Crippen LogP contribution in [0.5, 0.6) is 0 Å². The Kier molecular flexibility index (Phi) is 2.84. The lowest BCUT2D eigenvalue weighted by Crippen LogP contribution is -2.08. The molecule has 0 spiro atoms. The Morgan fingerprint density at radius 2 is 1.89 bits per heavy atom. The van der Waals surface area contributed by atoms with E-state index in [1.54, 1.807) is 0 Å². The van der Waals surface area contributed by atoms with Crippen LogP contribution in [-0.2, 0) is 25.6 Å². The molecule has 0 fully saturated rings. The van der Waals surface area contributed by atoms with Gasteiger partial charge in [-0.2, -0.15) is 18.3 Å². The number of fused-ring (bicyclic) bond motifs is 1. The van der Waals surface area contributed by atoms with E-state index in [-0.39, 0.29) is 0 Å². The maximum Gasteiger partial charge on any atom is 0.435 e. The lowest BCUT2D eigenvalue weighted by Gasteiger charge is -2.06. The predicted molar refractivity (Wildman–Crippen MR) is 64.8 cm³/mol. The summed E-state index contributed by atoms with van der Waals surface area (Å²) < 4.78 is 38.7. The van der Waals surface area contributed by atoms with Crippen LogP contribution >= 0.6 is 0 Å². The Hall–Kier alpha value is -1.78. The largest absolute Gasteiger partial charge is 0.435 e. The van der Waals surface area contributed by atoms with E-state index in [2.05, 4.69) is 17.2 Å². The summed E-state index contributed by atoms with van der Waals surface area (Å²) in [6.07, 6.45) is 0.337. The van der Waals surface area contributed by atoms with E-state index < -0.39 is 11.9 Å². The highest BCUT2D eigenvalue weighted by Crippen LogP contribution is 2.27. The van der Waals surface area contributed by atoms with Crippen molar-refractivity contribution in [2.45, 2.75) is 32.0 Å². The molecule has 1 aromatic heterocycles. The summed E-state index contributed by atoms with van der Waals surface area (Å²) in [6, 6.07) is 7.13. The van der Waals surface area contributed by atoms with Crippen molar-refractivity contribution in [2.24, 2.45) is 0 Å². The van der Waals surface area contributed by atoms with Gasteiger partial charge in [-0.25, -0.2) is 0 Å². The standard InChI is InChI=1S/C14H13F3N2/c15-14(16,17)13-6-7-19(18-13)9-10-4-5-11-2-1-3-12(11)8-10/h4-8H,1-3,9H2. The highest BCUT2D eigenvalue weighted by Gasteiger charge is 2.33. The normalized spacial score (nSPS) is 14.7. The van der Waals surface area contributed by atoms with E-state index in [1.807, 2.05) is 6.07 Å². The van der Waals surface area contributed by atoms with E-state index in [9.17, 15) is 13.2 Å². The van der Waals surface area contributed by atoms with Crippen molar-refractivity contribution in [1.82, 2.24) is 9.78 Å². The molecule has 5 heteroatoms. The fraction of sp³-hybridized carbons (Fsp3) is 0.357. The van der Waals surface area contributed by atoms with E-state index in [1.165, 1.54) is 28.4 Å². The molecule has 0 radical (unpaired) electrons. The number of aromatic nitrogens is 2. The number of nitrogens with zero attached hydrogens (tertiary/aromatic N) is 2. The first-order valence-corrected chi connectivity index (χ1v) is 6.24. The van der Waals surface area contributed by atoms with Crippen molar-refractivity contribution in [1.29, 1.82) is 0 Å². The van der Waals surface area contributed by atoms with Crippen LogP contribution in [0.3, 0.4) is 0 Å². The number of halogens is 3. The molecule has 2 aromatic rings. The zero-order valence-corrected chi connectivity index (χ0v) is 10.2. The van der Waals surface area contributed by atoms with Crippen LogP contribution in [0.2, 0.25) is 0 Å². The van der Waals surface area contributed by atoms with Crippen molar-refractivity contribution < 1.29 is 13.2 Å². The van der Waals surface area contributed by atoms with E-state index in [0.717, 1.165) is 24.5 Å². The molecule has 1 aliphatic rings. The van der Waals surface area contributed by atoms with Crippen LogP contribution in [0.15, 0.2) is 30.5 Å². The van der Waals surface area contributed by atoms with E-state index in [4.69, 9.17) is 0 Å². The minimum absolute atomic E-state index is 0.378. The number of hydrogen-bond acceptors (Lipinski definition) is 1. The molecule has 0 amide bonds. The number of hydrogen-bond donors (Lipinski definition) is 0. The Morgan fingerprint density at radius 3 is 2.63 bits per heavy atom. The number of aryl methyl sites for hydroxylation is 2. The number of alkyl halides is 3. The van der Waals surface area contributed by atoms with Crippen molar-refractivity contribution in [3.8, 4) is 0 Å². The van der Waals surface area contributed by atoms with Gasteiger partial charge in [0.2, 0.25) is 0 Å². The van der Waals surface area contributed by atoms with Crippen LogP contribution in [0, 0.1) is 0 Å². The molecule has 1 aromatic carbocycles. The summed E-state index contributed by atoms with van der Waals surface area (Å²) in [7, 11) is 0. The minimum atomic E-state index is -4.37. The third-order valence-electron chi connectivity index (χ3n) is 3.44. The highest BCUT2D eigenvalue weighted by atomic mass is 19.4. The summed E-state index contributed by atoms with van der Waals surface area (Å²) >= 11 is 0. The molecular formula is C14H13F3N2. The molecule has 1 heterocycles. The van der Waals surface area contributed by atoms with Gasteiger partial charge in [0.25, 0.3) is 0 Å². The summed E-state index contributed by atoms with van der Waals surface area (Å²) in [5.74, 6) is 0. The van der Waals surface area contributed by atoms with E-state index in [0.29, 0.717) is 6.54 Å². The van der Waals surface area contributed by atoms with Crippen molar-refractivity contribution in [3.63, 3.8) is 0 Å². The number of benzene rings is 1. The summed E-state index contributed by atoms with van der Waals surface area (Å²) in [5, 5.41) is 3.56. The summed E-state index contributed by atoms with van der Waals surface area (Å²) in [5.41, 5.74) is 2.84. The average molecular weight is 266 g/mol. The molecule has 0 atom stereocenters. The average Bonchev–Trinajstić information content (AvgIpc) is 2.95. The summed E-state index contributed by atoms with van der Waals surface area (Å²) in [6.45, 7) is 0.378. The van der Waals surface area contributed by atoms with Gasteiger partial charge in [-0.3, -0.25) is 4.68 Å². The lowest BCUT2D eigenvalue weighted by atomic mass is 10.1. The van der Waals surface area contributed by atoms with Gasteiger partial charge in [0.15, 0.2) is 5.69 Å². The second-order valence-corrected chi connectivity index (χ2v) is 4.85. The SMILES string of the molecule is FC(F)(F)c1ccn(Cc2ccc3c(c2)CCC3)n1. The third-order valence-corrected chi connectivity index (χ3v) is 3.44. The van der Waals surface area contributed by atoms with Crippen LogP contribution in [0.4, 0.5) is 13.2 Å². The van der Waals surface area contributed by atoms with E-state index >= 15 is 0 Å². The van der Waals surface area contributed by atoms with Gasteiger partial charge in [-0.1, -0.05) is 18.2 Å². The minimum Gasteiger partial charge on any atom is -0.268 e.